The Hall–Kier alpha value is -3.02. The zero-order chi connectivity index (χ0) is 23.1. The van der Waals surface area contributed by atoms with Crippen molar-refractivity contribution < 1.29 is 27.0 Å². The van der Waals surface area contributed by atoms with Gasteiger partial charge in [0.05, 0.1) is 6.61 Å². The lowest BCUT2D eigenvalue weighted by atomic mass is 10.0. The van der Waals surface area contributed by atoms with Crippen LogP contribution in [-0.2, 0) is 6.61 Å². The monoisotopic (exact) mass is 446 g/mol. The molecule has 0 fully saturated rings. The molecular formula is C26H26F4O2. The first-order valence-corrected chi connectivity index (χ1v) is 10.7. The Morgan fingerprint density at radius 3 is 2.16 bits per heavy atom. The molecule has 0 bridgehead atoms. The van der Waals surface area contributed by atoms with Gasteiger partial charge in [-0.15, -0.1) is 0 Å². The number of rotatable bonds is 10. The third-order valence-electron chi connectivity index (χ3n) is 5.22. The molecule has 0 amide bonds. The van der Waals surface area contributed by atoms with E-state index in [1.165, 1.54) is 31.2 Å². The highest BCUT2D eigenvalue weighted by Gasteiger charge is 2.16. The molecule has 32 heavy (non-hydrogen) atoms. The van der Waals surface area contributed by atoms with Gasteiger partial charge in [-0.2, -0.15) is 4.39 Å². The Bertz CT molecular complexity index is 1050. The van der Waals surface area contributed by atoms with E-state index in [2.05, 4.69) is 6.92 Å². The van der Waals surface area contributed by atoms with Crippen molar-refractivity contribution in [2.24, 2.45) is 0 Å². The average molecular weight is 446 g/mol. The number of halogens is 4. The summed E-state index contributed by atoms with van der Waals surface area (Å²) >= 11 is 0. The number of hydrogen-bond donors (Lipinski definition) is 0. The second-order valence-electron chi connectivity index (χ2n) is 7.63. The highest BCUT2D eigenvalue weighted by Crippen LogP contribution is 2.31. The number of hydrogen-bond acceptors (Lipinski definition) is 2. The molecule has 0 atom stereocenters. The van der Waals surface area contributed by atoms with Crippen LogP contribution in [0.25, 0.3) is 11.1 Å². The fourth-order valence-corrected chi connectivity index (χ4v) is 3.27. The number of benzene rings is 3. The SMILES string of the molecule is CCCCCCOc1ccc(-c2ccc(OCc3ccc(C)c(F)c3F)cc2)c(F)c1F. The fraction of sp³-hybridized carbons (Fsp3) is 0.308. The van der Waals surface area contributed by atoms with Crippen LogP contribution in [0.5, 0.6) is 11.5 Å². The first-order chi connectivity index (χ1) is 15.4. The van der Waals surface area contributed by atoms with Gasteiger partial charge < -0.3 is 9.47 Å². The standard InChI is InChI=1S/C26H26F4O2/c1-3-4-5-6-15-31-22-14-13-21(25(29)26(22)30)18-9-11-20(12-10-18)32-16-19-8-7-17(2)23(27)24(19)28/h7-14H,3-6,15-16H2,1-2H3. The van der Waals surface area contributed by atoms with Gasteiger partial charge >= 0.3 is 0 Å². The van der Waals surface area contributed by atoms with Gasteiger partial charge in [-0.25, -0.2) is 13.2 Å². The maximum atomic E-state index is 14.6. The Kier molecular flexibility index (Phi) is 8.14. The van der Waals surface area contributed by atoms with E-state index in [1.807, 2.05) is 0 Å². The summed E-state index contributed by atoms with van der Waals surface area (Å²) in [7, 11) is 0. The van der Waals surface area contributed by atoms with Crippen molar-refractivity contribution in [3.8, 4) is 22.6 Å². The van der Waals surface area contributed by atoms with Gasteiger partial charge in [0, 0.05) is 11.1 Å². The third-order valence-corrected chi connectivity index (χ3v) is 5.22. The van der Waals surface area contributed by atoms with Crippen molar-refractivity contribution in [2.45, 2.75) is 46.1 Å². The van der Waals surface area contributed by atoms with Crippen LogP contribution in [0.1, 0.15) is 43.7 Å². The molecule has 3 aromatic carbocycles. The van der Waals surface area contributed by atoms with Gasteiger partial charge in [0.2, 0.25) is 5.82 Å². The molecule has 0 aromatic heterocycles. The molecule has 2 nitrogen and oxygen atoms in total. The van der Waals surface area contributed by atoms with Crippen LogP contribution < -0.4 is 9.47 Å². The lowest BCUT2D eigenvalue weighted by Gasteiger charge is -2.12. The maximum Gasteiger partial charge on any atom is 0.201 e. The summed E-state index contributed by atoms with van der Waals surface area (Å²) in [5.74, 6) is -3.55. The van der Waals surface area contributed by atoms with Crippen LogP contribution in [-0.4, -0.2) is 6.61 Å². The minimum absolute atomic E-state index is 0.0931. The third kappa shape index (κ3) is 5.61. The van der Waals surface area contributed by atoms with Gasteiger partial charge in [-0.05, 0) is 48.7 Å². The normalized spacial score (nSPS) is 10.9. The molecule has 0 heterocycles. The molecule has 170 valence electrons. The van der Waals surface area contributed by atoms with E-state index in [0.717, 1.165) is 25.7 Å². The molecule has 0 saturated heterocycles. The molecule has 0 N–H and O–H groups in total. The molecule has 0 aliphatic rings. The van der Waals surface area contributed by atoms with Crippen LogP contribution >= 0.6 is 0 Å². The van der Waals surface area contributed by atoms with Crippen molar-refractivity contribution in [2.75, 3.05) is 6.61 Å². The second-order valence-corrected chi connectivity index (χ2v) is 7.63. The van der Waals surface area contributed by atoms with E-state index in [9.17, 15) is 17.6 Å². The van der Waals surface area contributed by atoms with Gasteiger partial charge in [-0.3, -0.25) is 0 Å². The maximum absolute atomic E-state index is 14.6. The largest absolute Gasteiger partial charge is 0.490 e. The average Bonchev–Trinajstić information content (AvgIpc) is 2.80. The molecule has 0 aliphatic carbocycles. The van der Waals surface area contributed by atoms with Crippen molar-refractivity contribution in [1.82, 2.24) is 0 Å². The second kappa shape index (κ2) is 11.0. The first kappa shape index (κ1) is 23.6. The van der Waals surface area contributed by atoms with Crippen LogP contribution in [0.15, 0.2) is 48.5 Å². The minimum atomic E-state index is -1.02. The van der Waals surface area contributed by atoms with E-state index >= 15 is 0 Å². The highest BCUT2D eigenvalue weighted by atomic mass is 19.2. The summed E-state index contributed by atoms with van der Waals surface area (Å²) in [5.41, 5.74) is 0.864. The van der Waals surface area contributed by atoms with Crippen molar-refractivity contribution >= 4 is 0 Å². The summed E-state index contributed by atoms with van der Waals surface area (Å²) in [5, 5.41) is 0. The van der Waals surface area contributed by atoms with Gasteiger partial charge in [0.1, 0.15) is 12.4 Å². The quantitative estimate of drug-likeness (QED) is 0.234. The first-order valence-electron chi connectivity index (χ1n) is 10.7. The summed E-state index contributed by atoms with van der Waals surface area (Å²) < 4.78 is 67.5. The Morgan fingerprint density at radius 2 is 1.44 bits per heavy atom. The minimum Gasteiger partial charge on any atom is -0.490 e. The highest BCUT2D eigenvalue weighted by molar-refractivity contribution is 5.66. The molecule has 0 radical (unpaired) electrons. The molecule has 0 saturated carbocycles. The van der Waals surface area contributed by atoms with E-state index in [1.54, 1.807) is 24.3 Å². The Morgan fingerprint density at radius 1 is 0.688 bits per heavy atom. The van der Waals surface area contributed by atoms with Crippen LogP contribution in [0.4, 0.5) is 17.6 Å². The van der Waals surface area contributed by atoms with E-state index in [-0.39, 0.29) is 29.0 Å². The summed E-state index contributed by atoms with van der Waals surface area (Å²) in [6.07, 6.45) is 3.94. The van der Waals surface area contributed by atoms with Crippen molar-refractivity contribution in [3.05, 3.63) is 82.9 Å². The Balaban J connectivity index is 1.65. The van der Waals surface area contributed by atoms with E-state index < -0.39 is 23.3 Å². The summed E-state index contributed by atoms with van der Waals surface area (Å²) in [6.45, 7) is 3.76. The Labute approximate surface area is 185 Å². The smallest absolute Gasteiger partial charge is 0.201 e. The zero-order valence-corrected chi connectivity index (χ0v) is 18.2. The lowest BCUT2D eigenvalue weighted by Crippen LogP contribution is -2.02. The van der Waals surface area contributed by atoms with Crippen LogP contribution in [0, 0.1) is 30.2 Å². The molecule has 0 aliphatic heterocycles. The lowest BCUT2D eigenvalue weighted by molar-refractivity contribution is 0.285. The molecule has 6 heteroatoms. The number of ether oxygens (including phenoxy) is 2. The van der Waals surface area contributed by atoms with Gasteiger partial charge in [-0.1, -0.05) is 50.5 Å². The molecule has 0 unspecified atom stereocenters. The van der Waals surface area contributed by atoms with E-state index in [4.69, 9.17) is 9.47 Å². The summed E-state index contributed by atoms with van der Waals surface area (Å²) in [4.78, 5) is 0. The van der Waals surface area contributed by atoms with Crippen LogP contribution in [0.2, 0.25) is 0 Å². The van der Waals surface area contributed by atoms with Crippen molar-refractivity contribution in [1.29, 1.82) is 0 Å². The molecule has 0 spiro atoms. The zero-order valence-electron chi connectivity index (χ0n) is 18.2. The van der Waals surface area contributed by atoms with E-state index in [0.29, 0.717) is 17.9 Å². The molecule has 3 aromatic rings. The molecular weight excluding hydrogens is 420 g/mol. The summed E-state index contributed by atoms with van der Waals surface area (Å²) in [6, 6.07) is 12.1. The van der Waals surface area contributed by atoms with Crippen LogP contribution in [0.3, 0.4) is 0 Å². The van der Waals surface area contributed by atoms with Gasteiger partial charge in [0.15, 0.2) is 23.2 Å². The van der Waals surface area contributed by atoms with Gasteiger partial charge in [0.25, 0.3) is 0 Å². The number of aryl methyl sites for hydroxylation is 1. The topological polar surface area (TPSA) is 18.5 Å². The predicted molar refractivity (Wildman–Crippen MR) is 117 cm³/mol. The molecule has 3 rings (SSSR count). The van der Waals surface area contributed by atoms with Crippen molar-refractivity contribution in [3.63, 3.8) is 0 Å². The fourth-order valence-electron chi connectivity index (χ4n) is 3.27. The number of unbranched alkanes of at least 4 members (excludes halogenated alkanes) is 3. The predicted octanol–water partition coefficient (Wildman–Crippen LogP) is 7.76.